The number of hydrogen-bond acceptors (Lipinski definition) is 9. The summed E-state index contributed by atoms with van der Waals surface area (Å²) in [5, 5.41) is 27.0. The molecular formula is C35H50N4O9Si2. The number of carbonyl (C=O) groups excluding carboxylic acids is 3. The van der Waals surface area contributed by atoms with E-state index in [9.17, 15) is 24.6 Å². The summed E-state index contributed by atoms with van der Waals surface area (Å²) >= 11 is 0. The second-order valence-electron chi connectivity index (χ2n) is 11.4. The second kappa shape index (κ2) is 23.2. The standard InChI is InChI=1S/C35H50N4O9Si2/c1-49-24-45-13-15-47-34(43)37-31-8-4-6-27(21-31)18-29-19-28(22-32(23-29)38-35(44)48-16-14-46-25-50-2)17-26-5-3-7-30(20-26)36-33(42)39(9-11-40)10-12-41/h3-8,19-23,40-41H,9-18,24-25,49-50H2,1-2H3,(H,36,42)(H,37,43)(H,38,44). The van der Waals surface area contributed by atoms with Gasteiger partial charge in [-0.2, -0.15) is 0 Å². The van der Waals surface area contributed by atoms with E-state index in [1.54, 1.807) is 12.1 Å². The van der Waals surface area contributed by atoms with Crippen molar-refractivity contribution in [2.75, 3.05) is 81.1 Å². The van der Waals surface area contributed by atoms with Gasteiger partial charge in [-0.15, -0.1) is 0 Å². The number of benzene rings is 3. The van der Waals surface area contributed by atoms with Gasteiger partial charge in [0.2, 0.25) is 0 Å². The Balaban J connectivity index is 1.76. The number of aliphatic hydroxyl groups is 2. The Hall–Kier alpha value is -4.26. The molecule has 15 heteroatoms. The van der Waals surface area contributed by atoms with Gasteiger partial charge in [0.05, 0.1) is 26.4 Å². The maximum Gasteiger partial charge on any atom is 0.411 e. The highest BCUT2D eigenvalue weighted by molar-refractivity contribution is 6.33. The van der Waals surface area contributed by atoms with Gasteiger partial charge in [-0.3, -0.25) is 10.6 Å². The number of amides is 4. The smallest absolute Gasteiger partial charge is 0.411 e. The Morgan fingerprint density at radius 1 is 0.620 bits per heavy atom. The molecular weight excluding hydrogens is 677 g/mol. The van der Waals surface area contributed by atoms with Crippen LogP contribution in [0.2, 0.25) is 13.1 Å². The first-order chi connectivity index (χ1) is 24.3. The van der Waals surface area contributed by atoms with Crippen molar-refractivity contribution >= 4 is 54.3 Å². The van der Waals surface area contributed by atoms with E-state index in [1.165, 1.54) is 4.90 Å². The zero-order valence-corrected chi connectivity index (χ0v) is 31.8. The molecule has 0 radical (unpaired) electrons. The highest BCUT2D eigenvalue weighted by Gasteiger charge is 2.14. The van der Waals surface area contributed by atoms with Crippen molar-refractivity contribution in [2.45, 2.75) is 25.9 Å². The predicted molar refractivity (Wildman–Crippen MR) is 200 cm³/mol. The van der Waals surface area contributed by atoms with Gasteiger partial charge in [0.15, 0.2) is 0 Å². The first kappa shape index (κ1) is 40.2. The molecule has 0 spiro atoms. The van der Waals surface area contributed by atoms with Crippen LogP contribution in [-0.2, 0) is 31.8 Å². The molecule has 0 aliphatic heterocycles. The summed E-state index contributed by atoms with van der Waals surface area (Å²) in [5.74, 6) is 0. The molecule has 0 fully saturated rings. The highest BCUT2D eigenvalue weighted by atomic mass is 28.2. The molecule has 0 heterocycles. The van der Waals surface area contributed by atoms with Gasteiger partial charge in [0.25, 0.3) is 0 Å². The number of aliphatic hydroxyl groups excluding tert-OH is 2. The van der Waals surface area contributed by atoms with Crippen LogP contribution in [0.4, 0.5) is 31.4 Å². The van der Waals surface area contributed by atoms with Crippen LogP contribution >= 0.6 is 0 Å². The Kier molecular flexibility index (Phi) is 18.6. The highest BCUT2D eigenvalue weighted by Crippen LogP contribution is 2.23. The van der Waals surface area contributed by atoms with Crippen molar-refractivity contribution in [3.63, 3.8) is 0 Å². The van der Waals surface area contributed by atoms with Gasteiger partial charge >= 0.3 is 18.2 Å². The zero-order valence-electron chi connectivity index (χ0n) is 28.9. The molecule has 3 aromatic rings. The molecule has 0 aromatic heterocycles. The summed E-state index contributed by atoms with van der Waals surface area (Å²) in [6.07, 6.45) is 1.35. The summed E-state index contributed by atoms with van der Waals surface area (Å²) in [6, 6.07) is 20.2. The minimum absolute atomic E-state index is 0.100. The summed E-state index contributed by atoms with van der Waals surface area (Å²) in [4.78, 5) is 39.0. The average molecular weight is 727 g/mol. The number of nitrogens with zero attached hydrogens (tertiary/aromatic N) is 1. The first-order valence-electron chi connectivity index (χ1n) is 16.9. The SMILES string of the molecule is C[SiH2]COCCOC(=O)Nc1cccc(Cc2cc(Cc3cccc(NC(=O)N(CCO)CCO)c3)cc(NC(=O)OCCOC[SiH2]C)c2)c1. The number of anilines is 3. The third kappa shape index (κ3) is 15.5. The van der Waals surface area contributed by atoms with Crippen molar-refractivity contribution in [3.05, 3.63) is 89.0 Å². The quantitative estimate of drug-likeness (QED) is 0.0819. The molecule has 3 rings (SSSR count). The average Bonchev–Trinajstić information content (AvgIpc) is 3.08. The van der Waals surface area contributed by atoms with Crippen molar-refractivity contribution in [1.82, 2.24) is 4.90 Å². The molecule has 0 aliphatic carbocycles. The lowest BCUT2D eigenvalue weighted by Crippen LogP contribution is -2.38. The van der Waals surface area contributed by atoms with E-state index in [0.717, 1.165) is 34.7 Å². The lowest BCUT2D eigenvalue weighted by Gasteiger charge is -2.21. The monoisotopic (exact) mass is 726 g/mol. The molecule has 272 valence electrons. The van der Waals surface area contributed by atoms with Crippen LogP contribution in [0.25, 0.3) is 0 Å². The number of carbonyl (C=O) groups is 3. The fourth-order valence-electron chi connectivity index (χ4n) is 4.97. The molecule has 0 bridgehead atoms. The number of rotatable bonds is 21. The second-order valence-corrected chi connectivity index (χ2v) is 14.2. The number of hydrogen-bond donors (Lipinski definition) is 5. The van der Waals surface area contributed by atoms with Crippen LogP contribution in [0.1, 0.15) is 22.3 Å². The number of urea groups is 1. The third-order valence-electron chi connectivity index (χ3n) is 7.11. The van der Waals surface area contributed by atoms with Gasteiger partial charge in [0.1, 0.15) is 13.2 Å². The van der Waals surface area contributed by atoms with E-state index in [2.05, 4.69) is 29.0 Å². The van der Waals surface area contributed by atoms with Crippen LogP contribution in [0.5, 0.6) is 0 Å². The Morgan fingerprint density at radius 3 is 1.56 bits per heavy atom. The Bertz CT molecular complexity index is 1490. The lowest BCUT2D eigenvalue weighted by atomic mass is 9.98. The van der Waals surface area contributed by atoms with Crippen LogP contribution < -0.4 is 16.0 Å². The maximum atomic E-state index is 12.7. The van der Waals surface area contributed by atoms with Gasteiger partial charge in [-0.25, -0.2) is 14.4 Å². The van der Waals surface area contributed by atoms with Crippen LogP contribution in [0.3, 0.4) is 0 Å². The summed E-state index contributed by atoms with van der Waals surface area (Å²) in [7, 11) is -0.413. The van der Waals surface area contributed by atoms with E-state index < -0.39 is 18.2 Å². The normalized spacial score (nSPS) is 11.2. The fourth-order valence-corrected chi connectivity index (χ4v) is 5.96. The molecule has 0 unspecified atom stereocenters. The van der Waals surface area contributed by atoms with E-state index in [-0.39, 0.29) is 58.6 Å². The van der Waals surface area contributed by atoms with Gasteiger partial charge in [-0.1, -0.05) is 43.4 Å². The number of ether oxygens (including phenoxy) is 4. The molecule has 13 nitrogen and oxygen atoms in total. The van der Waals surface area contributed by atoms with Gasteiger partial charge in [-0.05, 0) is 71.5 Å². The lowest BCUT2D eigenvalue weighted by molar-refractivity contribution is 0.0985. The molecule has 0 saturated heterocycles. The largest absolute Gasteiger partial charge is 0.447 e. The van der Waals surface area contributed by atoms with Crippen molar-refractivity contribution in [1.29, 1.82) is 0 Å². The van der Waals surface area contributed by atoms with Crippen LogP contribution in [-0.4, -0.2) is 118 Å². The first-order valence-corrected chi connectivity index (χ1v) is 21.8. The molecule has 4 amide bonds. The molecule has 5 N–H and O–H groups in total. The van der Waals surface area contributed by atoms with Crippen molar-refractivity contribution in [3.8, 4) is 0 Å². The Labute approximate surface area is 298 Å². The summed E-state index contributed by atoms with van der Waals surface area (Å²) in [5.41, 5.74) is 5.38. The van der Waals surface area contributed by atoms with E-state index >= 15 is 0 Å². The minimum Gasteiger partial charge on any atom is -0.447 e. The summed E-state index contributed by atoms with van der Waals surface area (Å²) < 4.78 is 21.4. The molecule has 0 atom stereocenters. The van der Waals surface area contributed by atoms with E-state index in [1.807, 2.05) is 54.6 Å². The number of nitrogens with one attached hydrogen (secondary N) is 3. The molecule has 3 aromatic carbocycles. The molecule has 50 heavy (non-hydrogen) atoms. The third-order valence-corrected chi connectivity index (χ3v) is 8.51. The van der Waals surface area contributed by atoms with Crippen LogP contribution in [0, 0.1) is 0 Å². The van der Waals surface area contributed by atoms with Gasteiger partial charge in [0, 0.05) is 61.7 Å². The topological polar surface area (TPSA) is 168 Å². The van der Waals surface area contributed by atoms with Crippen LogP contribution in [0.15, 0.2) is 66.7 Å². The van der Waals surface area contributed by atoms with E-state index in [0.29, 0.717) is 43.1 Å². The van der Waals surface area contributed by atoms with Crippen molar-refractivity contribution < 1.29 is 43.5 Å². The maximum absolute atomic E-state index is 12.7. The Morgan fingerprint density at radius 2 is 1.08 bits per heavy atom. The van der Waals surface area contributed by atoms with E-state index in [4.69, 9.17) is 18.9 Å². The van der Waals surface area contributed by atoms with Crippen molar-refractivity contribution in [2.24, 2.45) is 0 Å². The summed E-state index contributed by atoms with van der Waals surface area (Å²) in [6.45, 7) is 5.10. The predicted octanol–water partition coefficient (Wildman–Crippen LogP) is 3.17. The molecule has 0 saturated carbocycles. The van der Waals surface area contributed by atoms with Gasteiger partial charge < -0.3 is 39.4 Å². The zero-order chi connectivity index (χ0) is 36.0. The molecule has 0 aliphatic rings. The fraction of sp³-hybridized carbons (Fsp3) is 0.400. The minimum atomic E-state index is -0.586.